The molecule has 2 aliphatic rings. The van der Waals surface area contributed by atoms with Gasteiger partial charge < -0.3 is 24.0 Å². The Labute approximate surface area is 182 Å². The second-order valence-electron chi connectivity index (χ2n) is 7.71. The largest absolute Gasteiger partial charge is 0.497 e. The van der Waals surface area contributed by atoms with Crippen molar-refractivity contribution in [3.8, 4) is 17.2 Å². The standard InChI is InChI=1S/C24H28N2O5/c1-29-17-9-10-21(30-2)18(16-17)19-7-5-13-25(19)23(27)11-12-24(28)26-14-15-31-22-8-4-3-6-20(22)26/h3-4,6,8-10,16,19H,5,7,11-15H2,1-2H3. The van der Waals surface area contributed by atoms with Crippen molar-refractivity contribution in [3.63, 3.8) is 0 Å². The van der Waals surface area contributed by atoms with Gasteiger partial charge in [0.05, 0.1) is 32.5 Å². The minimum absolute atomic E-state index is 0.0118. The van der Waals surface area contributed by atoms with Gasteiger partial charge in [0.25, 0.3) is 0 Å². The maximum absolute atomic E-state index is 13.1. The highest BCUT2D eigenvalue weighted by Gasteiger charge is 2.33. The van der Waals surface area contributed by atoms with Crippen LogP contribution >= 0.6 is 0 Å². The van der Waals surface area contributed by atoms with E-state index in [9.17, 15) is 9.59 Å². The summed E-state index contributed by atoms with van der Waals surface area (Å²) in [6.45, 7) is 1.64. The molecule has 7 heteroatoms. The highest BCUT2D eigenvalue weighted by Crippen LogP contribution is 2.39. The molecule has 1 fully saturated rings. The molecule has 2 aromatic rings. The third-order valence-electron chi connectivity index (χ3n) is 5.95. The number of fused-ring (bicyclic) bond motifs is 1. The van der Waals surface area contributed by atoms with E-state index in [1.165, 1.54) is 0 Å². The van der Waals surface area contributed by atoms with E-state index >= 15 is 0 Å². The first-order valence-electron chi connectivity index (χ1n) is 10.7. The summed E-state index contributed by atoms with van der Waals surface area (Å²) >= 11 is 0. The molecule has 4 rings (SSSR count). The Hall–Kier alpha value is -3.22. The predicted octanol–water partition coefficient (Wildman–Crippen LogP) is 3.57. The van der Waals surface area contributed by atoms with Crippen LogP contribution in [0.1, 0.15) is 37.3 Å². The van der Waals surface area contributed by atoms with Gasteiger partial charge in [0, 0.05) is 24.9 Å². The fourth-order valence-corrected chi connectivity index (χ4v) is 4.41. The number of anilines is 1. The fraction of sp³-hybridized carbons (Fsp3) is 0.417. The number of methoxy groups -OCH3 is 2. The number of likely N-dealkylation sites (tertiary alicyclic amines) is 1. The molecule has 1 atom stereocenters. The van der Waals surface area contributed by atoms with Crippen LogP contribution in [0.3, 0.4) is 0 Å². The van der Waals surface area contributed by atoms with Crippen molar-refractivity contribution in [2.45, 2.75) is 31.7 Å². The number of carbonyl (C=O) groups is 2. The molecule has 0 aromatic heterocycles. The molecule has 0 radical (unpaired) electrons. The van der Waals surface area contributed by atoms with E-state index in [2.05, 4.69) is 0 Å². The molecule has 1 unspecified atom stereocenters. The molecule has 0 bridgehead atoms. The zero-order valence-electron chi connectivity index (χ0n) is 18.0. The predicted molar refractivity (Wildman–Crippen MR) is 117 cm³/mol. The van der Waals surface area contributed by atoms with Crippen molar-refractivity contribution in [3.05, 3.63) is 48.0 Å². The van der Waals surface area contributed by atoms with E-state index in [1.807, 2.05) is 47.4 Å². The summed E-state index contributed by atoms with van der Waals surface area (Å²) in [5, 5.41) is 0. The molecule has 2 aromatic carbocycles. The maximum atomic E-state index is 13.1. The second-order valence-corrected chi connectivity index (χ2v) is 7.71. The number of rotatable bonds is 6. The van der Waals surface area contributed by atoms with E-state index in [0.717, 1.165) is 35.6 Å². The molecule has 0 aliphatic carbocycles. The number of para-hydroxylation sites is 2. The lowest BCUT2D eigenvalue weighted by atomic mass is 10.0. The average molecular weight is 424 g/mol. The number of amides is 2. The summed E-state index contributed by atoms with van der Waals surface area (Å²) in [4.78, 5) is 29.5. The lowest BCUT2D eigenvalue weighted by Gasteiger charge is -2.30. The van der Waals surface area contributed by atoms with E-state index in [-0.39, 0.29) is 30.7 Å². The number of hydrogen-bond acceptors (Lipinski definition) is 5. The number of ether oxygens (including phenoxy) is 3. The van der Waals surface area contributed by atoms with E-state index in [0.29, 0.717) is 25.4 Å². The summed E-state index contributed by atoms with van der Waals surface area (Å²) in [6.07, 6.45) is 2.13. The number of hydrogen-bond donors (Lipinski definition) is 0. The van der Waals surface area contributed by atoms with E-state index < -0.39 is 0 Å². The topological polar surface area (TPSA) is 68.3 Å². The van der Waals surface area contributed by atoms with Gasteiger partial charge in [0.1, 0.15) is 23.9 Å². The number of benzene rings is 2. The molecular formula is C24H28N2O5. The van der Waals surface area contributed by atoms with Crippen molar-refractivity contribution < 1.29 is 23.8 Å². The summed E-state index contributed by atoms with van der Waals surface area (Å²) in [5.74, 6) is 2.11. The molecule has 1 saturated heterocycles. The van der Waals surface area contributed by atoms with Gasteiger partial charge >= 0.3 is 0 Å². The zero-order chi connectivity index (χ0) is 21.8. The molecule has 7 nitrogen and oxygen atoms in total. The molecule has 2 amide bonds. The summed E-state index contributed by atoms with van der Waals surface area (Å²) in [6, 6.07) is 13.1. The molecule has 2 heterocycles. The summed E-state index contributed by atoms with van der Waals surface area (Å²) in [5.41, 5.74) is 1.72. The Morgan fingerprint density at radius 1 is 1.03 bits per heavy atom. The van der Waals surface area contributed by atoms with E-state index in [1.54, 1.807) is 19.1 Å². The number of carbonyl (C=O) groups excluding carboxylic acids is 2. The minimum Gasteiger partial charge on any atom is -0.497 e. The Morgan fingerprint density at radius 2 is 1.84 bits per heavy atom. The SMILES string of the molecule is COc1ccc(OC)c(C2CCCN2C(=O)CCC(=O)N2CCOc3ccccc32)c1. The maximum Gasteiger partial charge on any atom is 0.227 e. The van der Waals surface area contributed by atoms with Crippen molar-refractivity contribution >= 4 is 17.5 Å². The Bertz CT molecular complexity index is 961. The third kappa shape index (κ3) is 4.31. The molecule has 0 N–H and O–H groups in total. The van der Waals surface area contributed by atoms with Crippen LogP contribution in [-0.4, -0.2) is 50.6 Å². The van der Waals surface area contributed by atoms with Crippen molar-refractivity contribution in [2.24, 2.45) is 0 Å². The molecule has 164 valence electrons. The lowest BCUT2D eigenvalue weighted by molar-refractivity contribution is -0.134. The minimum atomic E-state index is -0.0724. The van der Waals surface area contributed by atoms with Gasteiger partial charge in [-0.3, -0.25) is 9.59 Å². The first-order valence-corrected chi connectivity index (χ1v) is 10.7. The molecule has 0 spiro atoms. The van der Waals surface area contributed by atoms with Crippen LogP contribution in [0, 0.1) is 0 Å². The van der Waals surface area contributed by atoms with Gasteiger partial charge in [0.2, 0.25) is 11.8 Å². The van der Waals surface area contributed by atoms with Crippen LogP contribution in [0.15, 0.2) is 42.5 Å². The first-order chi connectivity index (χ1) is 15.1. The first kappa shape index (κ1) is 21.0. The highest BCUT2D eigenvalue weighted by molar-refractivity contribution is 5.97. The normalized spacial score (nSPS) is 17.7. The monoisotopic (exact) mass is 424 g/mol. The van der Waals surface area contributed by atoms with Crippen LogP contribution < -0.4 is 19.1 Å². The van der Waals surface area contributed by atoms with Crippen molar-refractivity contribution in [2.75, 3.05) is 38.8 Å². The quantitative estimate of drug-likeness (QED) is 0.709. The van der Waals surface area contributed by atoms with Crippen molar-refractivity contribution in [1.82, 2.24) is 4.90 Å². The Balaban J connectivity index is 1.44. The zero-order valence-corrected chi connectivity index (χ0v) is 18.0. The van der Waals surface area contributed by atoms with Gasteiger partial charge in [-0.2, -0.15) is 0 Å². The van der Waals surface area contributed by atoms with Crippen molar-refractivity contribution in [1.29, 1.82) is 0 Å². The van der Waals surface area contributed by atoms with Gasteiger partial charge in [0.15, 0.2) is 0 Å². The number of nitrogens with zero attached hydrogens (tertiary/aromatic N) is 2. The smallest absolute Gasteiger partial charge is 0.227 e. The Morgan fingerprint density at radius 3 is 2.65 bits per heavy atom. The fourth-order valence-electron chi connectivity index (χ4n) is 4.41. The summed E-state index contributed by atoms with van der Waals surface area (Å²) < 4.78 is 16.5. The lowest BCUT2D eigenvalue weighted by Crippen LogP contribution is -2.39. The molecule has 2 aliphatic heterocycles. The van der Waals surface area contributed by atoms with Gasteiger partial charge in [-0.15, -0.1) is 0 Å². The van der Waals surface area contributed by atoms with Crippen LogP contribution in [0.5, 0.6) is 17.2 Å². The van der Waals surface area contributed by atoms with E-state index in [4.69, 9.17) is 14.2 Å². The van der Waals surface area contributed by atoms with Crippen LogP contribution in [0.25, 0.3) is 0 Å². The molecular weight excluding hydrogens is 396 g/mol. The van der Waals surface area contributed by atoms with Gasteiger partial charge in [-0.05, 0) is 43.2 Å². The van der Waals surface area contributed by atoms with Crippen LogP contribution in [-0.2, 0) is 9.59 Å². The molecule has 0 saturated carbocycles. The van der Waals surface area contributed by atoms with Gasteiger partial charge in [-0.1, -0.05) is 12.1 Å². The highest BCUT2D eigenvalue weighted by atomic mass is 16.5. The average Bonchev–Trinajstić information content (AvgIpc) is 3.31. The third-order valence-corrected chi connectivity index (χ3v) is 5.95. The summed E-state index contributed by atoms with van der Waals surface area (Å²) in [7, 11) is 3.25. The second kappa shape index (κ2) is 9.29. The van der Waals surface area contributed by atoms with Gasteiger partial charge in [-0.25, -0.2) is 0 Å². The van der Waals surface area contributed by atoms with Crippen LogP contribution in [0.4, 0.5) is 5.69 Å². The Kier molecular flexibility index (Phi) is 6.30. The van der Waals surface area contributed by atoms with Crippen LogP contribution in [0.2, 0.25) is 0 Å². The molecule has 31 heavy (non-hydrogen) atoms.